The first-order valence-corrected chi connectivity index (χ1v) is 5.21. The lowest BCUT2D eigenvalue weighted by atomic mass is 10.1. The van der Waals surface area contributed by atoms with Gasteiger partial charge < -0.3 is 5.11 Å². The van der Waals surface area contributed by atoms with Crippen LogP contribution in [0, 0.1) is 0 Å². The highest BCUT2D eigenvalue weighted by Crippen LogP contribution is 2.09. The van der Waals surface area contributed by atoms with Crippen molar-refractivity contribution in [3.63, 3.8) is 0 Å². The molecule has 0 radical (unpaired) electrons. The Morgan fingerprint density at radius 2 is 2.12 bits per heavy atom. The lowest BCUT2D eigenvalue weighted by molar-refractivity contribution is -0.131. The second kappa shape index (κ2) is 5.91. The monoisotopic (exact) mass is 216 g/mol. The van der Waals surface area contributed by atoms with Gasteiger partial charge in [0.25, 0.3) is 0 Å². The van der Waals surface area contributed by atoms with Crippen molar-refractivity contribution in [1.29, 1.82) is 0 Å². The second-order valence-corrected chi connectivity index (χ2v) is 3.90. The third-order valence-corrected chi connectivity index (χ3v) is 2.12. The molecule has 0 bridgehead atoms. The van der Waals surface area contributed by atoms with Crippen molar-refractivity contribution in [2.45, 2.75) is 20.3 Å². The molecule has 0 aliphatic carbocycles. The average Bonchev–Trinajstić information content (AvgIpc) is 2.24. The van der Waals surface area contributed by atoms with Crippen molar-refractivity contribution < 1.29 is 9.90 Å². The van der Waals surface area contributed by atoms with Gasteiger partial charge in [-0.25, -0.2) is 4.79 Å². The summed E-state index contributed by atoms with van der Waals surface area (Å²) < 4.78 is 0. The minimum Gasteiger partial charge on any atom is -0.478 e. The predicted octanol–water partition coefficient (Wildman–Crippen LogP) is 3.29. The highest BCUT2D eigenvalue weighted by atomic mass is 16.4. The highest BCUT2D eigenvalue weighted by Gasteiger charge is 1.93. The quantitative estimate of drug-likeness (QED) is 0.619. The van der Waals surface area contributed by atoms with E-state index in [0.29, 0.717) is 0 Å². The lowest BCUT2D eigenvalue weighted by Crippen LogP contribution is -1.87. The first-order valence-electron chi connectivity index (χ1n) is 5.21. The maximum atomic E-state index is 10.4. The number of hydrogen-bond donors (Lipinski definition) is 1. The summed E-state index contributed by atoms with van der Waals surface area (Å²) >= 11 is 0. The van der Waals surface area contributed by atoms with Gasteiger partial charge in [0.15, 0.2) is 0 Å². The van der Waals surface area contributed by atoms with Crippen molar-refractivity contribution in [2.24, 2.45) is 0 Å². The molecule has 0 saturated carbocycles. The number of rotatable bonds is 4. The maximum Gasteiger partial charge on any atom is 0.328 e. The van der Waals surface area contributed by atoms with Crippen LogP contribution in [-0.4, -0.2) is 11.1 Å². The van der Waals surface area contributed by atoms with Crippen LogP contribution in [0.5, 0.6) is 0 Å². The number of carbonyl (C=O) groups is 1. The molecule has 0 unspecified atom stereocenters. The van der Waals surface area contributed by atoms with Crippen LogP contribution in [0.1, 0.15) is 25.0 Å². The molecule has 1 rings (SSSR count). The fourth-order valence-electron chi connectivity index (χ4n) is 1.31. The molecule has 2 heteroatoms. The lowest BCUT2D eigenvalue weighted by Gasteiger charge is -1.99. The summed E-state index contributed by atoms with van der Waals surface area (Å²) in [6.07, 6.45) is 5.80. The molecule has 0 amide bonds. The van der Waals surface area contributed by atoms with E-state index in [1.807, 2.05) is 24.3 Å². The summed E-state index contributed by atoms with van der Waals surface area (Å²) in [6, 6.07) is 7.87. The zero-order valence-electron chi connectivity index (χ0n) is 9.60. The summed E-state index contributed by atoms with van der Waals surface area (Å²) in [5, 5.41) is 8.52. The second-order valence-electron chi connectivity index (χ2n) is 3.90. The molecule has 0 heterocycles. The molecule has 0 atom stereocenters. The average molecular weight is 216 g/mol. The van der Waals surface area contributed by atoms with E-state index in [1.54, 1.807) is 6.08 Å². The van der Waals surface area contributed by atoms with Gasteiger partial charge in [0.2, 0.25) is 0 Å². The molecule has 84 valence electrons. The van der Waals surface area contributed by atoms with E-state index < -0.39 is 5.97 Å². The Balaban J connectivity index is 2.79. The van der Waals surface area contributed by atoms with Gasteiger partial charge in [-0.2, -0.15) is 0 Å². The van der Waals surface area contributed by atoms with Crippen molar-refractivity contribution in [2.75, 3.05) is 0 Å². The fraction of sp³-hybridized carbons (Fsp3) is 0.214. The van der Waals surface area contributed by atoms with Gasteiger partial charge in [-0.3, -0.25) is 0 Å². The van der Waals surface area contributed by atoms with Crippen molar-refractivity contribution in [1.82, 2.24) is 0 Å². The third-order valence-electron chi connectivity index (χ3n) is 2.12. The van der Waals surface area contributed by atoms with Gasteiger partial charge >= 0.3 is 5.97 Å². The molecule has 1 N–H and O–H groups in total. The molecule has 0 aliphatic heterocycles. The number of carboxylic acids is 1. The highest BCUT2D eigenvalue weighted by molar-refractivity contribution is 5.85. The Morgan fingerprint density at radius 1 is 1.38 bits per heavy atom. The van der Waals surface area contributed by atoms with Gasteiger partial charge in [-0.1, -0.05) is 35.9 Å². The van der Waals surface area contributed by atoms with Gasteiger partial charge in [0.1, 0.15) is 0 Å². The van der Waals surface area contributed by atoms with E-state index in [1.165, 1.54) is 11.1 Å². The third kappa shape index (κ3) is 4.60. The minimum absolute atomic E-state index is 0.886. The predicted molar refractivity (Wildman–Crippen MR) is 66.2 cm³/mol. The normalized spacial score (nSPS) is 10.4. The molecule has 1 aromatic carbocycles. The topological polar surface area (TPSA) is 37.3 Å². The number of aliphatic carboxylic acids is 1. The van der Waals surface area contributed by atoms with Crippen LogP contribution in [0.15, 0.2) is 42.0 Å². The molecule has 16 heavy (non-hydrogen) atoms. The summed E-state index contributed by atoms with van der Waals surface area (Å²) in [7, 11) is 0. The Bertz CT molecular complexity index is 424. The molecular weight excluding hydrogens is 200 g/mol. The van der Waals surface area contributed by atoms with E-state index in [4.69, 9.17) is 5.11 Å². The van der Waals surface area contributed by atoms with Crippen molar-refractivity contribution in [3.05, 3.63) is 53.1 Å². The standard InChI is InChI=1S/C14H16O2/c1-11(2)6-7-12-4-3-5-13(10-12)8-9-14(15)16/h3-6,8-10H,7H2,1-2H3,(H,15,16)/b9-8+. The number of carboxylic acid groups (broad SMARTS) is 1. The zero-order chi connectivity index (χ0) is 12.0. The molecule has 0 aromatic heterocycles. The Hall–Kier alpha value is -1.83. The fourth-order valence-corrected chi connectivity index (χ4v) is 1.31. The summed E-state index contributed by atoms with van der Waals surface area (Å²) in [5.74, 6) is -0.922. The smallest absolute Gasteiger partial charge is 0.328 e. The molecule has 0 saturated heterocycles. The SMILES string of the molecule is CC(C)=CCc1cccc(/C=C/C(=O)O)c1. The van der Waals surface area contributed by atoms with Crippen molar-refractivity contribution in [3.8, 4) is 0 Å². The van der Waals surface area contributed by atoms with E-state index in [0.717, 1.165) is 18.1 Å². The Morgan fingerprint density at radius 3 is 2.75 bits per heavy atom. The van der Waals surface area contributed by atoms with Crippen molar-refractivity contribution >= 4 is 12.0 Å². The molecule has 0 aliphatic rings. The van der Waals surface area contributed by atoms with E-state index in [-0.39, 0.29) is 0 Å². The zero-order valence-corrected chi connectivity index (χ0v) is 9.60. The maximum absolute atomic E-state index is 10.4. The molecule has 2 nitrogen and oxygen atoms in total. The number of allylic oxidation sites excluding steroid dienone is 2. The Kier molecular flexibility index (Phi) is 4.52. The van der Waals surface area contributed by atoms with Crippen LogP contribution in [-0.2, 0) is 11.2 Å². The van der Waals surface area contributed by atoms with E-state index in [9.17, 15) is 4.79 Å². The van der Waals surface area contributed by atoms with Crippen LogP contribution in [0.2, 0.25) is 0 Å². The molecule has 1 aromatic rings. The van der Waals surface area contributed by atoms with E-state index in [2.05, 4.69) is 19.9 Å². The van der Waals surface area contributed by atoms with Gasteiger partial charge in [0, 0.05) is 6.08 Å². The molecule has 0 fully saturated rings. The van der Waals surface area contributed by atoms with Gasteiger partial charge in [-0.05, 0) is 37.5 Å². The van der Waals surface area contributed by atoms with Crippen LogP contribution in [0.3, 0.4) is 0 Å². The largest absolute Gasteiger partial charge is 0.478 e. The molecule has 0 spiro atoms. The van der Waals surface area contributed by atoms with Crippen LogP contribution in [0.25, 0.3) is 6.08 Å². The van der Waals surface area contributed by atoms with Gasteiger partial charge in [-0.15, -0.1) is 0 Å². The Labute approximate surface area is 95.9 Å². The number of benzene rings is 1. The summed E-state index contributed by atoms with van der Waals surface area (Å²) in [5.41, 5.74) is 3.39. The van der Waals surface area contributed by atoms with Crippen LogP contribution >= 0.6 is 0 Å². The van der Waals surface area contributed by atoms with Crippen LogP contribution in [0.4, 0.5) is 0 Å². The summed E-state index contributed by atoms with van der Waals surface area (Å²) in [6.45, 7) is 4.13. The summed E-state index contributed by atoms with van der Waals surface area (Å²) in [4.78, 5) is 10.4. The first-order chi connectivity index (χ1) is 7.58. The molecular formula is C14H16O2. The first kappa shape index (κ1) is 12.2. The number of hydrogen-bond acceptors (Lipinski definition) is 1. The van der Waals surface area contributed by atoms with Crippen LogP contribution < -0.4 is 0 Å². The van der Waals surface area contributed by atoms with Gasteiger partial charge in [0.05, 0.1) is 0 Å². The van der Waals surface area contributed by atoms with E-state index >= 15 is 0 Å². The minimum atomic E-state index is -0.922.